The Bertz CT molecular complexity index is 833. The molecule has 0 aliphatic heterocycles. The molecule has 0 amide bonds. The third kappa shape index (κ3) is 2.72. The normalized spacial score (nSPS) is 10.8. The summed E-state index contributed by atoms with van der Waals surface area (Å²) in [7, 11) is 0. The fourth-order valence-electron chi connectivity index (χ4n) is 2.14. The van der Waals surface area contributed by atoms with Crippen LogP contribution in [0.5, 0.6) is 0 Å². The van der Waals surface area contributed by atoms with Gasteiger partial charge in [0.1, 0.15) is 6.33 Å². The topological polar surface area (TPSA) is 66.0 Å². The molecule has 22 heavy (non-hydrogen) atoms. The molecule has 0 aliphatic carbocycles. The van der Waals surface area contributed by atoms with Crippen molar-refractivity contribution in [2.24, 2.45) is 0 Å². The van der Waals surface area contributed by atoms with Crippen molar-refractivity contribution < 1.29 is 8.78 Å². The molecule has 110 valence electrons. The Kier molecular flexibility index (Phi) is 3.66. The van der Waals surface area contributed by atoms with Crippen LogP contribution in [-0.4, -0.2) is 27.6 Å². The molecule has 0 aliphatic rings. The molecule has 1 aromatic carbocycles. The van der Waals surface area contributed by atoms with Crippen LogP contribution in [0.1, 0.15) is 5.56 Å². The van der Waals surface area contributed by atoms with Crippen LogP contribution in [0.3, 0.4) is 0 Å². The number of rotatable bonds is 4. The van der Waals surface area contributed by atoms with Gasteiger partial charge in [0.2, 0.25) is 0 Å². The first-order chi connectivity index (χ1) is 10.7. The molecule has 0 spiro atoms. The first-order valence-corrected chi connectivity index (χ1v) is 6.54. The minimum atomic E-state index is -2.44. The summed E-state index contributed by atoms with van der Waals surface area (Å²) in [5.74, 6) is 0. The minimum absolute atomic E-state index is 0.433. The summed E-state index contributed by atoms with van der Waals surface area (Å²) in [6.07, 6.45) is -1.04. The van der Waals surface area contributed by atoms with Crippen LogP contribution >= 0.6 is 0 Å². The summed E-state index contributed by atoms with van der Waals surface area (Å²) in [6, 6.07) is 12.4. The molecule has 0 bridgehead atoms. The molecular weight excluding hydrogens is 288 g/mol. The van der Waals surface area contributed by atoms with E-state index in [0.717, 1.165) is 5.56 Å². The van der Waals surface area contributed by atoms with Crippen molar-refractivity contribution in [3.8, 4) is 17.3 Å². The van der Waals surface area contributed by atoms with Crippen molar-refractivity contribution in [1.29, 1.82) is 5.26 Å². The van der Waals surface area contributed by atoms with Gasteiger partial charge in [0, 0.05) is 17.3 Å². The van der Waals surface area contributed by atoms with Gasteiger partial charge < -0.3 is 5.32 Å². The monoisotopic (exact) mass is 299 g/mol. The van der Waals surface area contributed by atoms with E-state index in [1.165, 1.54) is 6.33 Å². The third-order valence-corrected chi connectivity index (χ3v) is 3.15. The fourth-order valence-corrected chi connectivity index (χ4v) is 2.14. The maximum absolute atomic E-state index is 12.4. The van der Waals surface area contributed by atoms with Crippen LogP contribution in [0.2, 0.25) is 0 Å². The summed E-state index contributed by atoms with van der Waals surface area (Å²) < 4.78 is 26.3. The summed E-state index contributed by atoms with van der Waals surface area (Å²) >= 11 is 0. The second-order valence-corrected chi connectivity index (χ2v) is 4.62. The number of alkyl halides is 2. The van der Waals surface area contributed by atoms with Crippen LogP contribution in [0.4, 0.5) is 14.5 Å². The Morgan fingerprint density at radius 1 is 1.23 bits per heavy atom. The molecule has 0 saturated carbocycles. The number of fused-ring (bicyclic) bond motifs is 1. The maximum Gasteiger partial charge on any atom is 0.255 e. The standard InChI is InChI=1S/C15H11F2N5/c16-14(17)8-19-12-5-13(22-15(6-12)20-9-21-22)11-3-1-10(7-18)2-4-11/h1-6,9,14,19H,8H2. The summed E-state index contributed by atoms with van der Waals surface area (Å²) in [6.45, 7) is -0.433. The highest BCUT2D eigenvalue weighted by atomic mass is 19.3. The number of hydrogen-bond acceptors (Lipinski definition) is 4. The van der Waals surface area contributed by atoms with Gasteiger partial charge >= 0.3 is 0 Å². The van der Waals surface area contributed by atoms with Gasteiger partial charge in [-0.05, 0) is 18.2 Å². The van der Waals surface area contributed by atoms with Gasteiger partial charge in [-0.3, -0.25) is 0 Å². The highest BCUT2D eigenvalue weighted by Gasteiger charge is 2.10. The number of nitrogens with zero attached hydrogens (tertiary/aromatic N) is 4. The zero-order valence-corrected chi connectivity index (χ0v) is 11.4. The van der Waals surface area contributed by atoms with Crippen LogP contribution in [0.15, 0.2) is 42.7 Å². The Hall–Kier alpha value is -3.01. The number of pyridine rings is 1. The van der Waals surface area contributed by atoms with Gasteiger partial charge in [0.15, 0.2) is 5.65 Å². The van der Waals surface area contributed by atoms with E-state index in [9.17, 15) is 8.78 Å². The van der Waals surface area contributed by atoms with Gasteiger partial charge in [-0.1, -0.05) is 12.1 Å². The third-order valence-electron chi connectivity index (χ3n) is 3.15. The van der Waals surface area contributed by atoms with Crippen LogP contribution in [-0.2, 0) is 0 Å². The van der Waals surface area contributed by atoms with Crippen molar-refractivity contribution in [3.63, 3.8) is 0 Å². The van der Waals surface area contributed by atoms with Crippen molar-refractivity contribution in [3.05, 3.63) is 48.3 Å². The first kappa shape index (κ1) is 13.9. The van der Waals surface area contributed by atoms with E-state index in [-0.39, 0.29) is 0 Å². The second-order valence-electron chi connectivity index (χ2n) is 4.62. The number of aromatic nitrogens is 3. The average molecular weight is 299 g/mol. The Labute approximate surface area is 124 Å². The molecule has 0 fully saturated rings. The molecule has 0 saturated heterocycles. The number of anilines is 1. The molecule has 0 unspecified atom stereocenters. The van der Waals surface area contributed by atoms with Gasteiger partial charge in [0.25, 0.3) is 6.43 Å². The molecule has 7 heteroatoms. The van der Waals surface area contributed by atoms with Crippen molar-refractivity contribution >= 4 is 11.3 Å². The van der Waals surface area contributed by atoms with Gasteiger partial charge in [-0.25, -0.2) is 18.3 Å². The molecule has 2 heterocycles. The van der Waals surface area contributed by atoms with Crippen molar-refractivity contribution in [2.75, 3.05) is 11.9 Å². The van der Waals surface area contributed by atoms with E-state index in [1.807, 2.05) is 0 Å². The smallest absolute Gasteiger partial charge is 0.255 e. The average Bonchev–Trinajstić information content (AvgIpc) is 3.00. The van der Waals surface area contributed by atoms with Gasteiger partial charge in [0.05, 0.1) is 23.9 Å². The van der Waals surface area contributed by atoms with E-state index in [1.54, 1.807) is 40.9 Å². The lowest BCUT2D eigenvalue weighted by molar-refractivity contribution is 0.163. The number of nitrogens with one attached hydrogen (secondary N) is 1. The van der Waals surface area contributed by atoms with E-state index >= 15 is 0 Å². The van der Waals surface area contributed by atoms with Crippen LogP contribution in [0, 0.1) is 11.3 Å². The quantitative estimate of drug-likeness (QED) is 0.804. The van der Waals surface area contributed by atoms with Crippen molar-refractivity contribution in [1.82, 2.24) is 14.6 Å². The van der Waals surface area contributed by atoms with Gasteiger partial charge in [-0.2, -0.15) is 10.4 Å². The summed E-state index contributed by atoms with van der Waals surface area (Å²) in [4.78, 5) is 4.10. The zero-order chi connectivity index (χ0) is 15.5. The molecule has 3 rings (SSSR count). The van der Waals surface area contributed by atoms with Crippen molar-refractivity contribution in [2.45, 2.75) is 6.43 Å². The van der Waals surface area contributed by atoms with E-state index in [4.69, 9.17) is 5.26 Å². The number of halogens is 2. The second kappa shape index (κ2) is 5.77. The Morgan fingerprint density at radius 3 is 2.68 bits per heavy atom. The predicted molar refractivity (Wildman–Crippen MR) is 77.6 cm³/mol. The zero-order valence-electron chi connectivity index (χ0n) is 11.4. The SMILES string of the molecule is N#Cc1ccc(-c2cc(NCC(F)F)cc3ncnn23)cc1. The molecule has 1 N–H and O–H groups in total. The van der Waals surface area contributed by atoms with E-state index < -0.39 is 13.0 Å². The lowest BCUT2D eigenvalue weighted by atomic mass is 10.1. The number of benzene rings is 1. The Balaban J connectivity index is 2.06. The highest BCUT2D eigenvalue weighted by molar-refractivity contribution is 5.70. The molecule has 5 nitrogen and oxygen atoms in total. The van der Waals surface area contributed by atoms with E-state index in [0.29, 0.717) is 22.6 Å². The summed E-state index contributed by atoms with van der Waals surface area (Å²) in [5.41, 5.74) is 3.16. The largest absolute Gasteiger partial charge is 0.379 e. The highest BCUT2D eigenvalue weighted by Crippen LogP contribution is 2.24. The minimum Gasteiger partial charge on any atom is -0.379 e. The Morgan fingerprint density at radius 2 is 2.00 bits per heavy atom. The molecule has 3 aromatic rings. The molecule has 0 atom stereocenters. The first-order valence-electron chi connectivity index (χ1n) is 6.54. The number of hydrogen-bond donors (Lipinski definition) is 1. The maximum atomic E-state index is 12.4. The van der Waals surface area contributed by atoms with Crippen LogP contribution in [0.25, 0.3) is 16.9 Å². The fraction of sp³-hybridized carbons (Fsp3) is 0.133. The molecular formula is C15H11F2N5. The van der Waals surface area contributed by atoms with Crippen LogP contribution < -0.4 is 5.32 Å². The van der Waals surface area contributed by atoms with E-state index in [2.05, 4.69) is 21.5 Å². The number of nitriles is 1. The lowest BCUT2D eigenvalue weighted by Crippen LogP contribution is -2.10. The predicted octanol–water partition coefficient (Wildman–Crippen LogP) is 2.94. The lowest BCUT2D eigenvalue weighted by Gasteiger charge is -2.10. The van der Waals surface area contributed by atoms with Gasteiger partial charge in [-0.15, -0.1) is 0 Å². The summed E-state index contributed by atoms with van der Waals surface area (Å²) in [5, 5.41) is 15.7. The molecule has 0 radical (unpaired) electrons. The molecule has 2 aromatic heterocycles.